The number of nitrogens with zero attached hydrogens (tertiary/aromatic N) is 3. The summed E-state index contributed by atoms with van der Waals surface area (Å²) in [6, 6.07) is 11.0. The maximum atomic E-state index is 13.5. The Hall–Kier alpha value is -2.97. The van der Waals surface area contributed by atoms with E-state index in [9.17, 15) is 9.59 Å². The SMILES string of the molecule is CSc1ccc([C@H]2C(C(=O)OC(C)C)=C(C)N=c3s/c(=C/c4ccncc4)c(=O)n32)cc1. The molecule has 1 aliphatic heterocycles. The fourth-order valence-electron chi connectivity index (χ4n) is 3.57. The van der Waals surface area contributed by atoms with Gasteiger partial charge in [-0.1, -0.05) is 23.5 Å². The molecule has 3 heterocycles. The van der Waals surface area contributed by atoms with Crippen LogP contribution in [0.25, 0.3) is 6.08 Å². The number of carbonyl (C=O) groups excluding carboxylic acids is 1. The third-order valence-corrected chi connectivity index (χ3v) is 6.75. The molecule has 0 unspecified atom stereocenters. The lowest BCUT2D eigenvalue weighted by Crippen LogP contribution is -2.40. The Bertz CT molecular complexity index is 1350. The lowest BCUT2D eigenvalue weighted by molar-refractivity contribution is -0.143. The highest BCUT2D eigenvalue weighted by Crippen LogP contribution is 2.31. The number of fused-ring (bicyclic) bond motifs is 1. The second-order valence-corrected chi connectivity index (χ2v) is 9.48. The van der Waals surface area contributed by atoms with E-state index in [0.29, 0.717) is 20.6 Å². The van der Waals surface area contributed by atoms with Gasteiger partial charge in [0.2, 0.25) is 0 Å². The van der Waals surface area contributed by atoms with Crippen molar-refractivity contribution in [3.8, 4) is 0 Å². The molecule has 1 aliphatic rings. The zero-order chi connectivity index (χ0) is 22.8. The van der Waals surface area contributed by atoms with E-state index in [2.05, 4.69) is 9.98 Å². The number of carbonyl (C=O) groups is 1. The second kappa shape index (κ2) is 9.26. The molecule has 0 N–H and O–H groups in total. The van der Waals surface area contributed by atoms with Gasteiger partial charge in [-0.05, 0) is 68.5 Å². The maximum Gasteiger partial charge on any atom is 0.338 e. The Labute approximate surface area is 194 Å². The van der Waals surface area contributed by atoms with Crippen LogP contribution in [0.4, 0.5) is 0 Å². The first kappa shape index (κ1) is 22.2. The molecule has 0 radical (unpaired) electrons. The summed E-state index contributed by atoms with van der Waals surface area (Å²) >= 11 is 2.95. The van der Waals surface area contributed by atoms with Crippen LogP contribution in [-0.4, -0.2) is 27.9 Å². The van der Waals surface area contributed by atoms with Crippen LogP contribution in [0, 0.1) is 0 Å². The Morgan fingerprint density at radius 3 is 2.50 bits per heavy atom. The quantitative estimate of drug-likeness (QED) is 0.427. The van der Waals surface area contributed by atoms with Crippen molar-refractivity contribution in [3.63, 3.8) is 0 Å². The molecule has 0 saturated heterocycles. The number of hydrogen-bond acceptors (Lipinski definition) is 7. The summed E-state index contributed by atoms with van der Waals surface area (Å²) in [6.07, 6.45) is 6.92. The average molecular weight is 466 g/mol. The summed E-state index contributed by atoms with van der Waals surface area (Å²) in [5.41, 5.74) is 2.47. The van der Waals surface area contributed by atoms with Crippen molar-refractivity contribution in [1.29, 1.82) is 0 Å². The summed E-state index contributed by atoms with van der Waals surface area (Å²) in [6.45, 7) is 5.40. The molecule has 0 bridgehead atoms. The normalized spacial score (nSPS) is 16.2. The summed E-state index contributed by atoms with van der Waals surface area (Å²) < 4.78 is 7.68. The van der Waals surface area contributed by atoms with E-state index in [1.807, 2.05) is 48.7 Å². The van der Waals surface area contributed by atoms with Crippen molar-refractivity contribution < 1.29 is 9.53 Å². The van der Waals surface area contributed by atoms with Crippen LogP contribution in [0.15, 0.2) is 74.7 Å². The Balaban J connectivity index is 1.94. The van der Waals surface area contributed by atoms with E-state index in [1.54, 1.807) is 49.5 Å². The standard InChI is InChI=1S/C24H23N3O3S2/c1-14(2)30-23(29)20-15(3)26-24-27(21(20)17-5-7-18(31-4)8-6-17)22(28)19(32-24)13-16-9-11-25-12-10-16/h5-14,21H,1-4H3/b19-13+/t21-/m0/s1. The van der Waals surface area contributed by atoms with Gasteiger partial charge in [0.15, 0.2) is 4.80 Å². The van der Waals surface area contributed by atoms with Crippen LogP contribution in [0.1, 0.15) is 37.9 Å². The number of thiazole rings is 1. The zero-order valence-electron chi connectivity index (χ0n) is 18.2. The van der Waals surface area contributed by atoms with Crippen molar-refractivity contribution in [2.45, 2.75) is 37.8 Å². The van der Waals surface area contributed by atoms with E-state index in [4.69, 9.17) is 4.74 Å². The molecule has 8 heteroatoms. The van der Waals surface area contributed by atoms with E-state index >= 15 is 0 Å². The predicted molar refractivity (Wildman–Crippen MR) is 127 cm³/mol. The van der Waals surface area contributed by atoms with Crippen molar-refractivity contribution in [2.24, 2.45) is 4.99 Å². The fraction of sp³-hybridized carbons (Fsp3) is 0.250. The number of benzene rings is 1. The third-order valence-electron chi connectivity index (χ3n) is 5.02. The van der Waals surface area contributed by atoms with E-state index in [1.165, 1.54) is 11.3 Å². The smallest absolute Gasteiger partial charge is 0.338 e. The van der Waals surface area contributed by atoms with Crippen molar-refractivity contribution in [1.82, 2.24) is 9.55 Å². The molecule has 0 fully saturated rings. The van der Waals surface area contributed by atoms with Crippen molar-refractivity contribution >= 4 is 35.1 Å². The summed E-state index contributed by atoms with van der Waals surface area (Å²) in [4.78, 5) is 36.9. The Morgan fingerprint density at radius 2 is 1.88 bits per heavy atom. The van der Waals surface area contributed by atoms with Crippen LogP contribution >= 0.6 is 23.1 Å². The number of hydrogen-bond donors (Lipinski definition) is 0. The van der Waals surface area contributed by atoms with E-state index in [0.717, 1.165) is 16.0 Å². The number of pyridine rings is 1. The summed E-state index contributed by atoms with van der Waals surface area (Å²) in [5.74, 6) is -0.455. The van der Waals surface area contributed by atoms with Gasteiger partial charge in [-0.2, -0.15) is 0 Å². The first-order valence-electron chi connectivity index (χ1n) is 10.2. The van der Waals surface area contributed by atoms with Gasteiger partial charge in [-0.15, -0.1) is 11.8 Å². The molecule has 1 atom stereocenters. The molecule has 1 aromatic carbocycles. The largest absolute Gasteiger partial charge is 0.459 e. The summed E-state index contributed by atoms with van der Waals surface area (Å²) in [5, 5.41) is 0. The molecule has 0 saturated carbocycles. The van der Waals surface area contributed by atoms with Gasteiger partial charge in [-0.3, -0.25) is 14.3 Å². The van der Waals surface area contributed by atoms with E-state index < -0.39 is 12.0 Å². The van der Waals surface area contributed by atoms with Crippen LogP contribution in [0.2, 0.25) is 0 Å². The zero-order valence-corrected chi connectivity index (χ0v) is 19.9. The number of aromatic nitrogens is 2. The average Bonchev–Trinajstić information content (AvgIpc) is 3.07. The first-order valence-corrected chi connectivity index (χ1v) is 12.2. The first-order chi connectivity index (χ1) is 15.4. The predicted octanol–water partition coefficient (Wildman–Crippen LogP) is 3.30. The third kappa shape index (κ3) is 4.33. The Kier molecular flexibility index (Phi) is 6.43. The topological polar surface area (TPSA) is 73.6 Å². The lowest BCUT2D eigenvalue weighted by atomic mass is 9.96. The van der Waals surface area contributed by atoms with Gasteiger partial charge in [0, 0.05) is 17.3 Å². The van der Waals surface area contributed by atoms with Crippen molar-refractivity contribution in [2.75, 3.05) is 6.26 Å². The number of ether oxygens (including phenoxy) is 1. The van der Waals surface area contributed by atoms with Gasteiger partial charge in [0.05, 0.1) is 27.9 Å². The van der Waals surface area contributed by atoms with Gasteiger partial charge in [-0.25, -0.2) is 9.79 Å². The monoisotopic (exact) mass is 465 g/mol. The van der Waals surface area contributed by atoms with Gasteiger partial charge < -0.3 is 4.74 Å². The number of thioether (sulfide) groups is 1. The lowest BCUT2D eigenvalue weighted by Gasteiger charge is -2.25. The molecule has 32 heavy (non-hydrogen) atoms. The van der Waals surface area contributed by atoms with Crippen LogP contribution in [0.3, 0.4) is 0 Å². The molecular formula is C24H23N3O3S2. The Morgan fingerprint density at radius 1 is 1.19 bits per heavy atom. The molecule has 0 amide bonds. The minimum absolute atomic E-state index is 0.188. The minimum Gasteiger partial charge on any atom is -0.459 e. The van der Waals surface area contributed by atoms with Crippen molar-refractivity contribution in [3.05, 3.63) is 90.9 Å². The molecule has 0 aliphatic carbocycles. The number of esters is 1. The van der Waals surface area contributed by atoms with Gasteiger partial charge >= 0.3 is 5.97 Å². The molecule has 0 spiro atoms. The molecule has 3 aromatic rings. The van der Waals surface area contributed by atoms with Crippen LogP contribution < -0.4 is 14.9 Å². The molecule has 164 valence electrons. The van der Waals surface area contributed by atoms with Crippen LogP contribution in [-0.2, 0) is 9.53 Å². The fourth-order valence-corrected chi connectivity index (χ4v) is 5.03. The minimum atomic E-state index is -0.604. The molecule has 6 nitrogen and oxygen atoms in total. The second-order valence-electron chi connectivity index (χ2n) is 7.59. The maximum absolute atomic E-state index is 13.5. The van der Waals surface area contributed by atoms with Gasteiger partial charge in [0.1, 0.15) is 0 Å². The summed E-state index contributed by atoms with van der Waals surface area (Å²) in [7, 11) is 0. The van der Waals surface area contributed by atoms with Gasteiger partial charge in [0.25, 0.3) is 5.56 Å². The molecular weight excluding hydrogens is 442 g/mol. The molecule has 2 aromatic heterocycles. The molecule has 4 rings (SSSR count). The highest BCUT2D eigenvalue weighted by Gasteiger charge is 2.33. The van der Waals surface area contributed by atoms with Crippen LogP contribution in [0.5, 0.6) is 0 Å². The number of allylic oxidation sites excluding steroid dienone is 1. The highest BCUT2D eigenvalue weighted by molar-refractivity contribution is 7.98. The highest BCUT2D eigenvalue weighted by atomic mass is 32.2. The number of rotatable bonds is 5. The van der Waals surface area contributed by atoms with E-state index in [-0.39, 0.29) is 11.7 Å².